The van der Waals surface area contributed by atoms with Crippen LogP contribution in [0.25, 0.3) is 0 Å². The zero-order valence-electron chi connectivity index (χ0n) is 18.1. The van der Waals surface area contributed by atoms with Crippen LogP contribution < -0.4 is 14.8 Å². The lowest BCUT2D eigenvalue weighted by molar-refractivity contribution is -0.142. The molecule has 0 aliphatic rings. The average molecular weight is 416 g/mol. The molecule has 0 unspecified atom stereocenters. The molecule has 0 radical (unpaired) electrons. The number of carbonyl (C=O) groups is 2. The van der Waals surface area contributed by atoms with Crippen LogP contribution in [0, 0.1) is 5.82 Å². The Balaban J connectivity index is 2.16. The van der Waals surface area contributed by atoms with Gasteiger partial charge in [-0.15, -0.1) is 0 Å². The van der Waals surface area contributed by atoms with Crippen LogP contribution >= 0.6 is 0 Å². The number of hydrogen-bond donors (Lipinski definition) is 1. The van der Waals surface area contributed by atoms with Crippen molar-refractivity contribution < 1.29 is 23.5 Å². The molecule has 0 heterocycles. The molecular weight excluding hydrogens is 387 g/mol. The van der Waals surface area contributed by atoms with E-state index in [2.05, 4.69) is 5.32 Å². The Morgan fingerprint density at radius 2 is 1.60 bits per heavy atom. The van der Waals surface area contributed by atoms with Crippen LogP contribution in [0.4, 0.5) is 4.39 Å². The van der Waals surface area contributed by atoms with Crippen molar-refractivity contribution in [1.82, 2.24) is 10.2 Å². The molecule has 0 saturated heterocycles. The molecule has 0 fully saturated rings. The van der Waals surface area contributed by atoms with Gasteiger partial charge in [0.25, 0.3) is 5.91 Å². The average Bonchev–Trinajstić information content (AvgIpc) is 2.70. The van der Waals surface area contributed by atoms with Gasteiger partial charge in [0.05, 0.1) is 7.11 Å². The number of methoxy groups -OCH3 is 1. The Bertz CT molecular complexity index is 845. The summed E-state index contributed by atoms with van der Waals surface area (Å²) in [6.07, 6.45) is 0. The van der Waals surface area contributed by atoms with Crippen molar-refractivity contribution in [2.45, 2.75) is 45.8 Å². The van der Waals surface area contributed by atoms with Gasteiger partial charge in [-0.25, -0.2) is 4.39 Å². The first kappa shape index (κ1) is 23.2. The number of nitrogens with zero attached hydrogens (tertiary/aromatic N) is 1. The highest BCUT2D eigenvalue weighted by Gasteiger charge is 2.28. The predicted molar refractivity (Wildman–Crippen MR) is 113 cm³/mol. The first-order valence-electron chi connectivity index (χ1n) is 9.72. The van der Waals surface area contributed by atoms with Crippen LogP contribution in [-0.4, -0.2) is 42.0 Å². The number of benzene rings is 2. The number of ether oxygens (including phenoxy) is 2. The van der Waals surface area contributed by atoms with Gasteiger partial charge in [-0.3, -0.25) is 9.59 Å². The van der Waals surface area contributed by atoms with E-state index in [0.717, 1.165) is 5.56 Å². The molecule has 0 aliphatic carbocycles. The maximum atomic E-state index is 13.1. The summed E-state index contributed by atoms with van der Waals surface area (Å²) in [4.78, 5) is 27.1. The Morgan fingerprint density at radius 1 is 1.03 bits per heavy atom. The summed E-state index contributed by atoms with van der Waals surface area (Å²) in [5.41, 5.74) is 0.423. The van der Waals surface area contributed by atoms with Crippen molar-refractivity contribution in [1.29, 1.82) is 0 Å². The number of hydrogen-bond acceptors (Lipinski definition) is 4. The highest BCUT2D eigenvalue weighted by atomic mass is 19.1. The lowest BCUT2D eigenvalue weighted by Crippen LogP contribution is -2.53. The molecule has 1 atom stereocenters. The van der Waals surface area contributed by atoms with Crippen LogP contribution in [-0.2, 0) is 16.1 Å². The second-order valence-corrected chi connectivity index (χ2v) is 8.03. The topological polar surface area (TPSA) is 67.9 Å². The molecule has 30 heavy (non-hydrogen) atoms. The van der Waals surface area contributed by atoms with Gasteiger partial charge >= 0.3 is 0 Å². The lowest BCUT2D eigenvalue weighted by Gasteiger charge is -2.31. The highest BCUT2D eigenvalue weighted by molar-refractivity contribution is 5.88. The van der Waals surface area contributed by atoms with Crippen LogP contribution in [0.3, 0.4) is 0 Å². The summed E-state index contributed by atoms with van der Waals surface area (Å²) in [5, 5.41) is 2.90. The largest absolute Gasteiger partial charge is 0.497 e. The summed E-state index contributed by atoms with van der Waals surface area (Å²) in [6.45, 7) is 7.28. The molecule has 0 aliphatic heterocycles. The van der Waals surface area contributed by atoms with Gasteiger partial charge in [0.1, 0.15) is 23.4 Å². The molecule has 0 saturated carbocycles. The second kappa shape index (κ2) is 10.1. The molecule has 2 aromatic rings. The van der Waals surface area contributed by atoms with E-state index in [0.29, 0.717) is 11.5 Å². The normalized spacial score (nSPS) is 12.1. The van der Waals surface area contributed by atoms with E-state index < -0.39 is 11.6 Å². The van der Waals surface area contributed by atoms with Gasteiger partial charge in [-0.2, -0.15) is 0 Å². The Morgan fingerprint density at radius 3 is 2.13 bits per heavy atom. The Kier molecular flexibility index (Phi) is 7.80. The van der Waals surface area contributed by atoms with Gasteiger partial charge in [0.15, 0.2) is 6.61 Å². The summed E-state index contributed by atoms with van der Waals surface area (Å²) in [7, 11) is 1.58. The van der Waals surface area contributed by atoms with E-state index in [-0.39, 0.29) is 30.8 Å². The zero-order valence-corrected chi connectivity index (χ0v) is 18.1. The quantitative estimate of drug-likeness (QED) is 0.715. The van der Waals surface area contributed by atoms with Gasteiger partial charge in [-0.1, -0.05) is 12.1 Å². The third kappa shape index (κ3) is 7.06. The van der Waals surface area contributed by atoms with E-state index >= 15 is 0 Å². The van der Waals surface area contributed by atoms with E-state index in [4.69, 9.17) is 9.47 Å². The molecule has 0 bridgehead atoms. The monoisotopic (exact) mass is 416 g/mol. The smallest absolute Gasteiger partial charge is 0.261 e. The fourth-order valence-corrected chi connectivity index (χ4v) is 2.74. The number of rotatable bonds is 8. The van der Waals surface area contributed by atoms with Crippen molar-refractivity contribution in [3.63, 3.8) is 0 Å². The van der Waals surface area contributed by atoms with Crippen LogP contribution in [0.1, 0.15) is 33.3 Å². The maximum absolute atomic E-state index is 13.1. The Labute approximate surface area is 177 Å². The number of amides is 2. The van der Waals surface area contributed by atoms with Gasteiger partial charge in [-0.05, 0) is 69.7 Å². The first-order valence-corrected chi connectivity index (χ1v) is 9.72. The van der Waals surface area contributed by atoms with Crippen molar-refractivity contribution >= 4 is 11.8 Å². The summed E-state index contributed by atoms with van der Waals surface area (Å²) >= 11 is 0. The molecule has 2 aromatic carbocycles. The van der Waals surface area contributed by atoms with Gasteiger partial charge in [0.2, 0.25) is 5.91 Å². The van der Waals surface area contributed by atoms with E-state index in [1.165, 1.54) is 29.2 Å². The molecule has 0 aromatic heterocycles. The minimum atomic E-state index is -0.712. The molecule has 1 N–H and O–H groups in total. The predicted octanol–water partition coefficient (Wildman–Crippen LogP) is 3.55. The van der Waals surface area contributed by atoms with Crippen molar-refractivity contribution in [2.75, 3.05) is 13.7 Å². The lowest BCUT2D eigenvalue weighted by atomic mass is 10.1. The van der Waals surface area contributed by atoms with Crippen LogP contribution in [0.5, 0.6) is 11.5 Å². The summed E-state index contributed by atoms with van der Waals surface area (Å²) in [5.74, 6) is 0.0795. The third-order valence-corrected chi connectivity index (χ3v) is 4.35. The molecule has 2 rings (SSSR count). The maximum Gasteiger partial charge on any atom is 0.261 e. The number of halogens is 1. The van der Waals surface area contributed by atoms with Gasteiger partial charge < -0.3 is 19.7 Å². The first-order chi connectivity index (χ1) is 14.1. The molecule has 0 spiro atoms. The molecule has 2 amide bonds. The molecule has 162 valence electrons. The second-order valence-electron chi connectivity index (χ2n) is 8.03. The van der Waals surface area contributed by atoms with Crippen molar-refractivity contribution in [3.8, 4) is 11.5 Å². The SMILES string of the molecule is COc1ccc(CN(C(=O)COc2ccc(F)cc2)[C@@H](C)C(=O)NC(C)(C)C)cc1. The number of nitrogens with one attached hydrogen (secondary N) is 1. The van der Waals surface area contributed by atoms with E-state index in [1.54, 1.807) is 26.2 Å². The third-order valence-electron chi connectivity index (χ3n) is 4.35. The van der Waals surface area contributed by atoms with Crippen molar-refractivity contribution in [3.05, 3.63) is 59.9 Å². The highest BCUT2D eigenvalue weighted by Crippen LogP contribution is 2.16. The minimum absolute atomic E-state index is 0.230. The molecular formula is C23H29FN2O4. The van der Waals surface area contributed by atoms with Crippen LogP contribution in [0.15, 0.2) is 48.5 Å². The minimum Gasteiger partial charge on any atom is -0.497 e. The Hall–Kier alpha value is -3.09. The standard InChI is InChI=1S/C23H29FN2O4/c1-16(22(28)25-23(2,3)4)26(14-17-6-10-19(29-5)11-7-17)21(27)15-30-20-12-8-18(24)9-13-20/h6-13,16H,14-15H2,1-5H3,(H,25,28)/t16-/m0/s1. The summed E-state index contributed by atoms with van der Waals surface area (Å²) in [6, 6.07) is 12.0. The zero-order chi connectivity index (χ0) is 22.3. The van der Waals surface area contributed by atoms with E-state index in [9.17, 15) is 14.0 Å². The molecule has 7 heteroatoms. The fraction of sp³-hybridized carbons (Fsp3) is 0.391. The van der Waals surface area contributed by atoms with Crippen molar-refractivity contribution in [2.24, 2.45) is 0 Å². The van der Waals surface area contributed by atoms with E-state index in [1.807, 2.05) is 32.9 Å². The fourth-order valence-electron chi connectivity index (χ4n) is 2.74. The van der Waals surface area contributed by atoms with Gasteiger partial charge in [0, 0.05) is 12.1 Å². The van der Waals surface area contributed by atoms with Crippen LogP contribution in [0.2, 0.25) is 0 Å². The molecule has 6 nitrogen and oxygen atoms in total. The summed E-state index contributed by atoms with van der Waals surface area (Å²) < 4.78 is 23.7. The number of carbonyl (C=O) groups excluding carboxylic acids is 2.